The summed E-state index contributed by atoms with van der Waals surface area (Å²) in [5.41, 5.74) is 2.33. The smallest absolute Gasteiger partial charge is 0.160 e. The third kappa shape index (κ3) is 3.58. The van der Waals surface area contributed by atoms with Crippen molar-refractivity contribution in [2.24, 2.45) is 0 Å². The molecular weight excluding hydrogens is 365 g/mol. The largest absolute Gasteiger partial charge is 0.489 e. The molecule has 20 heavy (non-hydrogen) atoms. The van der Waals surface area contributed by atoms with Crippen molar-refractivity contribution in [3.8, 4) is 11.8 Å². The number of benzene rings is 2. The number of ether oxygens (including phenoxy) is 1. The van der Waals surface area contributed by atoms with E-state index in [-0.39, 0.29) is 5.78 Å². The summed E-state index contributed by atoms with van der Waals surface area (Å²) in [6.45, 7) is 1.98. The second kappa shape index (κ2) is 6.53. The molecule has 0 N–H and O–H groups in total. The summed E-state index contributed by atoms with van der Waals surface area (Å²) in [4.78, 5) is 11.3. The van der Waals surface area contributed by atoms with Crippen molar-refractivity contribution < 1.29 is 9.53 Å². The Labute approximate surface area is 131 Å². The number of hydrogen-bond donors (Lipinski definition) is 0. The van der Waals surface area contributed by atoms with E-state index >= 15 is 0 Å². The highest BCUT2D eigenvalue weighted by Crippen LogP contribution is 2.21. The number of rotatable bonds is 4. The predicted molar refractivity (Wildman–Crippen MR) is 84.7 cm³/mol. The van der Waals surface area contributed by atoms with E-state index in [2.05, 4.69) is 28.7 Å². The lowest BCUT2D eigenvalue weighted by atomic mass is 10.1. The summed E-state index contributed by atoms with van der Waals surface area (Å²) in [5, 5.41) is 8.73. The van der Waals surface area contributed by atoms with Gasteiger partial charge in [0.2, 0.25) is 0 Å². The van der Waals surface area contributed by atoms with Gasteiger partial charge >= 0.3 is 0 Å². The minimum absolute atomic E-state index is 0.0491. The fourth-order valence-electron chi connectivity index (χ4n) is 1.71. The molecule has 100 valence electrons. The van der Waals surface area contributed by atoms with Crippen molar-refractivity contribution in [2.45, 2.75) is 13.5 Å². The van der Waals surface area contributed by atoms with Gasteiger partial charge in [-0.2, -0.15) is 5.26 Å². The standard InChI is InChI=1S/C16H12INO2/c1-11(19)15-7-6-14(8-16(15)17)20-10-13-4-2-12(9-18)3-5-13/h2-8H,10H2,1H3. The molecule has 0 fully saturated rings. The zero-order valence-corrected chi connectivity index (χ0v) is 13.0. The van der Waals surface area contributed by atoms with Gasteiger partial charge in [0.1, 0.15) is 12.4 Å². The van der Waals surface area contributed by atoms with Crippen LogP contribution in [0.3, 0.4) is 0 Å². The van der Waals surface area contributed by atoms with E-state index in [9.17, 15) is 4.79 Å². The normalized spacial score (nSPS) is 9.85. The molecule has 0 aliphatic rings. The number of nitriles is 1. The summed E-state index contributed by atoms with van der Waals surface area (Å²) in [7, 11) is 0. The van der Waals surface area contributed by atoms with Crippen molar-refractivity contribution in [1.82, 2.24) is 0 Å². The fraction of sp³-hybridized carbons (Fsp3) is 0.125. The molecule has 0 unspecified atom stereocenters. The lowest BCUT2D eigenvalue weighted by molar-refractivity contribution is 0.101. The minimum Gasteiger partial charge on any atom is -0.489 e. The maximum Gasteiger partial charge on any atom is 0.160 e. The molecule has 0 aliphatic carbocycles. The summed E-state index contributed by atoms with van der Waals surface area (Å²) in [6.07, 6.45) is 0. The van der Waals surface area contributed by atoms with Gasteiger partial charge in [0.05, 0.1) is 11.6 Å². The van der Waals surface area contributed by atoms with Crippen LogP contribution in [0.15, 0.2) is 42.5 Å². The summed E-state index contributed by atoms with van der Waals surface area (Å²) in [6, 6.07) is 14.8. The number of ketones is 1. The molecule has 0 aromatic heterocycles. The Bertz CT molecular complexity index is 672. The van der Waals surface area contributed by atoms with Crippen LogP contribution in [0.2, 0.25) is 0 Å². The monoisotopic (exact) mass is 377 g/mol. The van der Waals surface area contributed by atoms with Crippen molar-refractivity contribution in [3.63, 3.8) is 0 Å². The van der Waals surface area contributed by atoms with Gasteiger partial charge in [0.25, 0.3) is 0 Å². The van der Waals surface area contributed by atoms with Crippen LogP contribution in [0.4, 0.5) is 0 Å². The number of halogens is 1. The van der Waals surface area contributed by atoms with Crippen LogP contribution >= 0.6 is 22.6 Å². The Morgan fingerprint density at radius 1 is 1.25 bits per heavy atom. The molecule has 0 atom stereocenters. The molecule has 0 amide bonds. The van der Waals surface area contributed by atoms with Gasteiger partial charge in [-0.3, -0.25) is 4.79 Å². The first kappa shape index (κ1) is 14.5. The Balaban J connectivity index is 2.05. The lowest BCUT2D eigenvalue weighted by Gasteiger charge is -2.08. The minimum atomic E-state index is 0.0491. The van der Waals surface area contributed by atoms with E-state index in [4.69, 9.17) is 10.00 Å². The molecule has 4 heteroatoms. The van der Waals surface area contributed by atoms with Crippen LogP contribution in [-0.2, 0) is 6.61 Å². The molecule has 2 aromatic carbocycles. The van der Waals surface area contributed by atoms with Crippen LogP contribution in [0, 0.1) is 14.9 Å². The van der Waals surface area contributed by atoms with E-state index in [1.54, 1.807) is 31.2 Å². The maximum absolute atomic E-state index is 11.3. The van der Waals surface area contributed by atoms with Crippen LogP contribution in [0.1, 0.15) is 28.4 Å². The zero-order valence-electron chi connectivity index (χ0n) is 10.9. The lowest BCUT2D eigenvalue weighted by Crippen LogP contribution is -1.99. The fourth-order valence-corrected chi connectivity index (χ4v) is 2.58. The summed E-state index contributed by atoms with van der Waals surface area (Å²) < 4.78 is 6.56. The molecule has 0 bridgehead atoms. The van der Waals surface area contributed by atoms with Gasteiger partial charge in [0.15, 0.2) is 5.78 Å². The van der Waals surface area contributed by atoms with Gasteiger partial charge in [-0.25, -0.2) is 0 Å². The zero-order chi connectivity index (χ0) is 14.5. The third-order valence-electron chi connectivity index (χ3n) is 2.81. The van der Waals surface area contributed by atoms with Gasteiger partial charge in [-0.1, -0.05) is 12.1 Å². The van der Waals surface area contributed by atoms with E-state index in [0.29, 0.717) is 17.7 Å². The molecule has 0 aliphatic heterocycles. The van der Waals surface area contributed by atoms with Crippen molar-refractivity contribution in [3.05, 3.63) is 62.7 Å². The predicted octanol–water partition coefficient (Wildman–Crippen LogP) is 3.94. The summed E-state index contributed by atoms with van der Waals surface area (Å²) >= 11 is 2.13. The highest BCUT2D eigenvalue weighted by Gasteiger charge is 2.06. The first-order valence-electron chi connectivity index (χ1n) is 6.02. The molecule has 3 nitrogen and oxygen atoms in total. The molecule has 0 spiro atoms. The maximum atomic E-state index is 11.3. The Morgan fingerprint density at radius 2 is 1.95 bits per heavy atom. The molecule has 2 aromatic rings. The topological polar surface area (TPSA) is 50.1 Å². The van der Waals surface area contributed by atoms with Gasteiger partial charge in [-0.05, 0) is 65.4 Å². The van der Waals surface area contributed by atoms with Crippen molar-refractivity contribution in [2.75, 3.05) is 0 Å². The average Bonchev–Trinajstić information content (AvgIpc) is 2.45. The summed E-state index contributed by atoms with van der Waals surface area (Å²) in [5.74, 6) is 0.775. The molecule has 0 saturated heterocycles. The van der Waals surface area contributed by atoms with Crippen LogP contribution in [0.25, 0.3) is 0 Å². The second-order valence-corrected chi connectivity index (χ2v) is 5.46. The number of hydrogen-bond acceptors (Lipinski definition) is 3. The van der Waals surface area contributed by atoms with Gasteiger partial charge < -0.3 is 4.74 Å². The number of carbonyl (C=O) groups is 1. The Morgan fingerprint density at radius 3 is 2.50 bits per heavy atom. The Hall–Kier alpha value is -1.87. The van der Waals surface area contributed by atoms with Crippen LogP contribution < -0.4 is 4.74 Å². The quantitative estimate of drug-likeness (QED) is 0.599. The van der Waals surface area contributed by atoms with Gasteiger partial charge in [0, 0.05) is 9.13 Å². The number of nitrogens with zero attached hydrogens (tertiary/aromatic N) is 1. The first-order chi connectivity index (χ1) is 9.60. The first-order valence-corrected chi connectivity index (χ1v) is 7.10. The van der Waals surface area contributed by atoms with Gasteiger partial charge in [-0.15, -0.1) is 0 Å². The highest BCUT2D eigenvalue weighted by molar-refractivity contribution is 14.1. The Kier molecular flexibility index (Phi) is 4.74. The van der Waals surface area contributed by atoms with E-state index in [0.717, 1.165) is 14.9 Å². The number of carbonyl (C=O) groups excluding carboxylic acids is 1. The molecule has 2 rings (SSSR count). The van der Waals surface area contributed by atoms with Crippen LogP contribution in [-0.4, -0.2) is 5.78 Å². The molecule has 0 heterocycles. The van der Waals surface area contributed by atoms with E-state index in [1.807, 2.05) is 18.2 Å². The SMILES string of the molecule is CC(=O)c1ccc(OCc2ccc(C#N)cc2)cc1I. The highest BCUT2D eigenvalue weighted by atomic mass is 127. The van der Waals surface area contributed by atoms with Crippen molar-refractivity contribution in [1.29, 1.82) is 5.26 Å². The molecule has 0 saturated carbocycles. The average molecular weight is 377 g/mol. The van der Waals surface area contributed by atoms with E-state index < -0.39 is 0 Å². The van der Waals surface area contributed by atoms with E-state index in [1.165, 1.54) is 0 Å². The third-order valence-corrected chi connectivity index (χ3v) is 3.70. The molecule has 0 radical (unpaired) electrons. The van der Waals surface area contributed by atoms with Crippen LogP contribution in [0.5, 0.6) is 5.75 Å². The molecular formula is C16H12INO2. The number of Topliss-reactive ketones (excluding diaryl/α,β-unsaturated/α-hetero) is 1. The second-order valence-electron chi connectivity index (χ2n) is 4.30. The van der Waals surface area contributed by atoms with Crippen molar-refractivity contribution >= 4 is 28.4 Å².